The van der Waals surface area contributed by atoms with Gasteiger partial charge in [0, 0.05) is 24.7 Å². The second kappa shape index (κ2) is 5.54. The minimum absolute atomic E-state index is 0.156. The van der Waals surface area contributed by atoms with Gasteiger partial charge in [-0.05, 0) is 53.7 Å². The fourth-order valence-electron chi connectivity index (χ4n) is 4.04. The van der Waals surface area contributed by atoms with Crippen molar-refractivity contribution in [3.63, 3.8) is 0 Å². The van der Waals surface area contributed by atoms with E-state index in [1.165, 1.54) is 6.26 Å². The van der Waals surface area contributed by atoms with Crippen LogP contribution in [-0.2, 0) is 16.6 Å². The average Bonchev–Trinajstić information content (AvgIpc) is 3.07. The zero-order chi connectivity index (χ0) is 16.0. The first kappa shape index (κ1) is 15.0. The number of benzene rings is 1. The monoisotopic (exact) mass is 336 g/mol. The van der Waals surface area contributed by atoms with Crippen LogP contribution >= 0.6 is 0 Å². The van der Waals surface area contributed by atoms with E-state index in [4.69, 9.17) is 4.63 Å². The zero-order valence-corrected chi connectivity index (χ0v) is 13.8. The Morgan fingerprint density at radius 3 is 2.61 bits per heavy atom. The highest BCUT2D eigenvalue weighted by Crippen LogP contribution is 2.37. The smallest absolute Gasteiger partial charge is 0.211 e. The molecule has 2 aliphatic rings. The molecule has 1 aromatic heterocycles. The first-order valence-electron chi connectivity index (χ1n) is 7.94. The van der Waals surface area contributed by atoms with Gasteiger partial charge in [-0.3, -0.25) is 0 Å². The second-order valence-corrected chi connectivity index (χ2v) is 8.50. The summed E-state index contributed by atoms with van der Waals surface area (Å²) in [7, 11) is -3.09. The molecule has 8 heteroatoms. The zero-order valence-electron chi connectivity index (χ0n) is 13.0. The molecule has 2 unspecified atom stereocenters. The molecule has 7 nitrogen and oxygen atoms in total. The number of hydrogen-bond acceptors (Lipinski definition) is 6. The van der Waals surface area contributed by atoms with Crippen molar-refractivity contribution in [2.24, 2.45) is 0 Å². The lowest BCUT2D eigenvalue weighted by molar-refractivity contribution is 0.207. The van der Waals surface area contributed by atoms with Gasteiger partial charge in [0.05, 0.1) is 6.26 Å². The number of fused-ring (bicyclic) bond motifs is 3. The summed E-state index contributed by atoms with van der Waals surface area (Å²) >= 11 is 0. The molecule has 2 saturated heterocycles. The number of nitrogens with zero attached hydrogens (tertiary/aromatic N) is 3. The molecule has 23 heavy (non-hydrogen) atoms. The van der Waals surface area contributed by atoms with Gasteiger partial charge in [0.25, 0.3) is 0 Å². The van der Waals surface area contributed by atoms with Gasteiger partial charge in [-0.25, -0.2) is 13.0 Å². The minimum Gasteiger partial charge on any atom is -0.310 e. The van der Waals surface area contributed by atoms with Crippen LogP contribution in [0.4, 0.5) is 0 Å². The lowest BCUT2D eigenvalue weighted by atomic mass is 9.99. The summed E-state index contributed by atoms with van der Waals surface area (Å²) in [4.78, 5) is 0. The SMILES string of the molecule is CS(=O)(=O)N1C2CCC1CC(NCc1ccc3nonc3c1)C2. The van der Waals surface area contributed by atoms with Crippen molar-refractivity contribution in [1.82, 2.24) is 19.9 Å². The van der Waals surface area contributed by atoms with Crippen molar-refractivity contribution in [2.45, 2.75) is 50.4 Å². The normalized spacial score (nSPS) is 28.5. The number of rotatable bonds is 4. The van der Waals surface area contributed by atoms with Crippen molar-refractivity contribution in [3.05, 3.63) is 23.8 Å². The lowest BCUT2D eigenvalue weighted by Gasteiger charge is -2.37. The molecule has 2 bridgehead atoms. The molecule has 0 spiro atoms. The topological polar surface area (TPSA) is 88.3 Å². The maximum Gasteiger partial charge on any atom is 0.211 e. The Morgan fingerprint density at radius 2 is 1.91 bits per heavy atom. The summed E-state index contributed by atoms with van der Waals surface area (Å²) in [5.74, 6) is 0. The van der Waals surface area contributed by atoms with Crippen molar-refractivity contribution in [3.8, 4) is 0 Å². The molecule has 1 N–H and O–H groups in total. The van der Waals surface area contributed by atoms with Crippen LogP contribution in [0.15, 0.2) is 22.8 Å². The molecule has 0 amide bonds. The number of sulfonamides is 1. The predicted octanol–water partition coefficient (Wildman–Crippen LogP) is 1.27. The van der Waals surface area contributed by atoms with Crippen molar-refractivity contribution in [2.75, 3.05) is 6.26 Å². The summed E-state index contributed by atoms with van der Waals surface area (Å²) in [5, 5.41) is 11.2. The Morgan fingerprint density at radius 1 is 1.22 bits per heavy atom. The van der Waals surface area contributed by atoms with Crippen LogP contribution in [0.1, 0.15) is 31.2 Å². The minimum atomic E-state index is -3.09. The quantitative estimate of drug-likeness (QED) is 0.904. The number of nitrogens with one attached hydrogen (secondary N) is 1. The summed E-state index contributed by atoms with van der Waals surface area (Å²) in [5.41, 5.74) is 2.65. The van der Waals surface area contributed by atoms with Gasteiger partial charge in [0.15, 0.2) is 0 Å². The maximum absolute atomic E-state index is 11.9. The van der Waals surface area contributed by atoms with E-state index in [-0.39, 0.29) is 12.1 Å². The summed E-state index contributed by atoms with van der Waals surface area (Å²) in [6.07, 6.45) is 5.06. The third kappa shape index (κ3) is 2.86. The van der Waals surface area contributed by atoms with Crippen LogP contribution in [0.5, 0.6) is 0 Å². The Balaban J connectivity index is 1.41. The Bertz CT molecular complexity index is 805. The molecule has 0 aliphatic carbocycles. The van der Waals surface area contributed by atoms with Crippen molar-refractivity contribution in [1.29, 1.82) is 0 Å². The third-order valence-corrected chi connectivity index (χ3v) is 6.32. The van der Waals surface area contributed by atoms with Crippen molar-refractivity contribution < 1.29 is 13.0 Å². The highest BCUT2D eigenvalue weighted by atomic mass is 32.2. The molecular weight excluding hydrogens is 316 g/mol. The van der Waals surface area contributed by atoms with Crippen LogP contribution in [0, 0.1) is 0 Å². The van der Waals surface area contributed by atoms with Crippen LogP contribution < -0.4 is 5.32 Å². The fraction of sp³-hybridized carbons (Fsp3) is 0.600. The average molecular weight is 336 g/mol. The largest absolute Gasteiger partial charge is 0.310 e. The van der Waals surface area contributed by atoms with E-state index in [9.17, 15) is 8.42 Å². The van der Waals surface area contributed by atoms with E-state index < -0.39 is 10.0 Å². The van der Waals surface area contributed by atoms with Crippen LogP contribution in [0.25, 0.3) is 11.0 Å². The van der Waals surface area contributed by atoms with E-state index in [1.807, 2.05) is 18.2 Å². The van der Waals surface area contributed by atoms with Gasteiger partial charge in [0.1, 0.15) is 11.0 Å². The molecule has 4 rings (SSSR count). The molecular formula is C15H20N4O3S. The molecule has 0 radical (unpaired) electrons. The van der Waals surface area contributed by atoms with E-state index in [1.54, 1.807) is 4.31 Å². The number of piperidine rings is 1. The molecule has 2 fully saturated rings. The van der Waals surface area contributed by atoms with Crippen LogP contribution in [-0.4, -0.2) is 47.4 Å². The van der Waals surface area contributed by atoms with E-state index in [0.717, 1.165) is 48.8 Å². The summed E-state index contributed by atoms with van der Waals surface area (Å²) in [6, 6.07) is 6.56. The molecule has 1 aromatic carbocycles. The van der Waals surface area contributed by atoms with E-state index >= 15 is 0 Å². The van der Waals surface area contributed by atoms with Gasteiger partial charge in [-0.2, -0.15) is 4.31 Å². The standard InChI is InChI=1S/C15H20N4O3S/c1-23(20,21)19-12-3-4-13(19)8-11(7-12)16-9-10-2-5-14-15(6-10)18-22-17-14/h2,5-6,11-13,16H,3-4,7-9H2,1H3. The molecule has 3 heterocycles. The predicted molar refractivity (Wildman–Crippen MR) is 85.2 cm³/mol. The van der Waals surface area contributed by atoms with E-state index in [0.29, 0.717) is 6.04 Å². The molecule has 0 saturated carbocycles. The fourth-order valence-corrected chi connectivity index (χ4v) is 5.51. The van der Waals surface area contributed by atoms with Gasteiger partial charge in [-0.1, -0.05) is 6.07 Å². The third-order valence-electron chi connectivity index (χ3n) is 4.96. The van der Waals surface area contributed by atoms with Gasteiger partial charge < -0.3 is 5.32 Å². The Kier molecular flexibility index (Phi) is 3.62. The van der Waals surface area contributed by atoms with Gasteiger partial charge in [0.2, 0.25) is 10.0 Å². The first-order valence-corrected chi connectivity index (χ1v) is 9.78. The van der Waals surface area contributed by atoms with E-state index in [2.05, 4.69) is 15.6 Å². The lowest BCUT2D eigenvalue weighted by Crippen LogP contribution is -2.50. The van der Waals surface area contributed by atoms with Gasteiger partial charge >= 0.3 is 0 Å². The second-order valence-electron chi connectivity index (χ2n) is 6.61. The number of hydrogen-bond donors (Lipinski definition) is 1. The van der Waals surface area contributed by atoms with Crippen molar-refractivity contribution >= 4 is 21.1 Å². The maximum atomic E-state index is 11.9. The van der Waals surface area contributed by atoms with Crippen LogP contribution in [0.2, 0.25) is 0 Å². The summed E-state index contributed by atoms with van der Waals surface area (Å²) in [6.45, 7) is 0.742. The molecule has 124 valence electrons. The Hall–Kier alpha value is -1.51. The molecule has 2 atom stereocenters. The highest BCUT2D eigenvalue weighted by molar-refractivity contribution is 7.88. The first-order chi connectivity index (χ1) is 11.0. The number of aromatic nitrogens is 2. The Labute approximate surface area is 135 Å². The molecule has 2 aromatic rings. The summed E-state index contributed by atoms with van der Waals surface area (Å²) < 4.78 is 30.3. The molecule has 2 aliphatic heterocycles. The van der Waals surface area contributed by atoms with Crippen LogP contribution in [0.3, 0.4) is 0 Å². The highest BCUT2D eigenvalue weighted by Gasteiger charge is 2.44. The van der Waals surface area contributed by atoms with Gasteiger partial charge in [-0.15, -0.1) is 0 Å².